The van der Waals surface area contributed by atoms with E-state index in [0.717, 1.165) is 32.9 Å². The molecular weight excluding hydrogens is 340 g/mol. The number of halogens is 1. The van der Waals surface area contributed by atoms with E-state index in [0.29, 0.717) is 5.56 Å². The van der Waals surface area contributed by atoms with Gasteiger partial charge in [0.1, 0.15) is 0 Å². The maximum Gasteiger partial charge on any atom is 0.335 e. The molecule has 20 heavy (non-hydrogen) atoms. The molecule has 6 heteroatoms. The largest absolute Gasteiger partial charge is 0.478 e. The summed E-state index contributed by atoms with van der Waals surface area (Å²) < 4.78 is 2.92. The number of benzene rings is 1. The second-order valence-corrected chi connectivity index (χ2v) is 6.15. The number of hydrogen-bond donors (Lipinski definition) is 1. The Kier molecular flexibility index (Phi) is 4.88. The van der Waals surface area contributed by atoms with Gasteiger partial charge in [0.05, 0.1) is 21.4 Å². The van der Waals surface area contributed by atoms with Crippen LogP contribution in [0.15, 0.2) is 33.6 Å². The zero-order valence-corrected chi connectivity index (χ0v) is 13.7. The van der Waals surface area contributed by atoms with Crippen molar-refractivity contribution in [3.8, 4) is 0 Å². The lowest BCUT2D eigenvalue weighted by molar-refractivity contribution is 0.0696. The van der Waals surface area contributed by atoms with Gasteiger partial charge in [0.2, 0.25) is 0 Å². The second kappa shape index (κ2) is 6.45. The molecule has 1 N–H and O–H groups in total. The van der Waals surface area contributed by atoms with E-state index in [1.165, 1.54) is 0 Å². The highest BCUT2D eigenvalue weighted by Gasteiger charge is 2.13. The molecule has 0 aliphatic heterocycles. The molecule has 0 spiro atoms. The van der Waals surface area contributed by atoms with Crippen LogP contribution in [0.3, 0.4) is 0 Å². The number of hydrogen-bond acceptors (Lipinski definition) is 3. The van der Waals surface area contributed by atoms with Crippen molar-refractivity contribution < 1.29 is 9.90 Å². The van der Waals surface area contributed by atoms with Crippen molar-refractivity contribution in [1.29, 1.82) is 0 Å². The van der Waals surface area contributed by atoms with Gasteiger partial charge in [-0.3, -0.25) is 4.68 Å². The Morgan fingerprint density at radius 1 is 1.50 bits per heavy atom. The van der Waals surface area contributed by atoms with Gasteiger partial charge in [0, 0.05) is 17.7 Å². The quantitative estimate of drug-likeness (QED) is 0.831. The van der Waals surface area contributed by atoms with E-state index >= 15 is 0 Å². The maximum atomic E-state index is 10.9. The molecule has 2 aromatic rings. The molecule has 0 amide bonds. The van der Waals surface area contributed by atoms with Gasteiger partial charge in [-0.2, -0.15) is 5.10 Å². The lowest BCUT2D eigenvalue weighted by atomic mass is 10.2. The van der Waals surface area contributed by atoms with E-state index in [9.17, 15) is 4.79 Å². The first-order chi connectivity index (χ1) is 9.52. The number of nitrogens with zero attached hydrogens (tertiary/aromatic N) is 2. The van der Waals surface area contributed by atoms with Crippen molar-refractivity contribution >= 4 is 33.7 Å². The second-order valence-electron chi connectivity index (χ2n) is 4.31. The topological polar surface area (TPSA) is 55.1 Å². The normalized spacial score (nSPS) is 10.8. The Morgan fingerprint density at radius 2 is 2.25 bits per heavy atom. The Morgan fingerprint density at radius 3 is 2.85 bits per heavy atom. The summed E-state index contributed by atoms with van der Waals surface area (Å²) in [4.78, 5) is 11.9. The molecule has 1 heterocycles. The molecule has 1 aromatic heterocycles. The van der Waals surface area contributed by atoms with Crippen molar-refractivity contribution in [2.75, 3.05) is 0 Å². The first-order valence-corrected chi connectivity index (χ1v) is 7.97. The molecule has 0 aliphatic carbocycles. The number of rotatable bonds is 5. The Hall–Kier alpha value is -1.27. The Bertz CT molecular complexity index is 640. The van der Waals surface area contributed by atoms with Gasteiger partial charge < -0.3 is 5.11 Å². The average molecular weight is 355 g/mol. The van der Waals surface area contributed by atoms with E-state index in [4.69, 9.17) is 5.11 Å². The highest BCUT2D eigenvalue weighted by molar-refractivity contribution is 9.10. The number of carboxylic acids is 1. The molecule has 0 aliphatic rings. The van der Waals surface area contributed by atoms with Crippen molar-refractivity contribution in [1.82, 2.24) is 9.78 Å². The van der Waals surface area contributed by atoms with Crippen molar-refractivity contribution in [3.63, 3.8) is 0 Å². The molecule has 0 unspecified atom stereocenters. The molecule has 1 aromatic carbocycles. The molecule has 2 rings (SSSR count). The summed E-state index contributed by atoms with van der Waals surface area (Å²) in [6.07, 6.45) is 0.883. The number of carbonyl (C=O) groups is 1. The van der Waals surface area contributed by atoms with Crippen molar-refractivity contribution in [2.24, 2.45) is 7.05 Å². The summed E-state index contributed by atoms with van der Waals surface area (Å²) in [6.45, 7) is 2.07. The van der Waals surface area contributed by atoms with Crippen LogP contribution >= 0.6 is 27.7 Å². The zero-order chi connectivity index (χ0) is 14.7. The molecular formula is C14H15BrN2O2S. The smallest absolute Gasteiger partial charge is 0.335 e. The minimum Gasteiger partial charge on any atom is -0.478 e. The van der Waals surface area contributed by atoms with Crippen LogP contribution in [-0.4, -0.2) is 20.9 Å². The first-order valence-electron chi connectivity index (χ1n) is 6.19. The van der Waals surface area contributed by atoms with Gasteiger partial charge in [0.25, 0.3) is 0 Å². The van der Waals surface area contributed by atoms with Crippen LogP contribution in [0.5, 0.6) is 0 Å². The number of aromatic carboxylic acids is 1. The summed E-state index contributed by atoms with van der Waals surface area (Å²) in [7, 11) is 1.92. The Balaban J connectivity index is 2.15. The number of aryl methyl sites for hydroxylation is 2. The summed E-state index contributed by atoms with van der Waals surface area (Å²) in [5, 5.41) is 13.4. The van der Waals surface area contributed by atoms with Crippen LogP contribution in [0.2, 0.25) is 0 Å². The van der Waals surface area contributed by atoms with E-state index in [1.807, 2.05) is 17.8 Å². The van der Waals surface area contributed by atoms with E-state index in [-0.39, 0.29) is 0 Å². The fourth-order valence-corrected chi connectivity index (χ4v) is 3.81. The SMILES string of the molecule is CCc1nn(C)c(CSc2cccc(C(=O)O)c2)c1Br. The summed E-state index contributed by atoms with van der Waals surface area (Å²) in [5.41, 5.74) is 2.46. The third-order valence-electron chi connectivity index (χ3n) is 2.96. The van der Waals surface area contributed by atoms with Crippen LogP contribution in [-0.2, 0) is 19.2 Å². The van der Waals surface area contributed by atoms with Crippen LogP contribution in [0.4, 0.5) is 0 Å². The molecule has 0 saturated heterocycles. The number of aromatic nitrogens is 2. The maximum absolute atomic E-state index is 10.9. The minimum absolute atomic E-state index is 0.313. The fraction of sp³-hybridized carbons (Fsp3) is 0.286. The van der Waals surface area contributed by atoms with Crippen LogP contribution in [0, 0.1) is 0 Å². The molecule has 0 fully saturated rings. The first kappa shape index (κ1) is 15.1. The van der Waals surface area contributed by atoms with E-state index in [2.05, 4.69) is 28.0 Å². The van der Waals surface area contributed by atoms with Crippen LogP contribution < -0.4 is 0 Å². The predicted octanol–water partition coefficient (Wildman–Crippen LogP) is 3.74. The third kappa shape index (κ3) is 3.24. The summed E-state index contributed by atoms with van der Waals surface area (Å²) >= 11 is 5.19. The predicted molar refractivity (Wildman–Crippen MR) is 83.2 cm³/mol. The summed E-state index contributed by atoms with van der Waals surface area (Å²) in [6, 6.07) is 6.98. The number of carboxylic acid groups (broad SMARTS) is 1. The van der Waals surface area contributed by atoms with Gasteiger partial charge in [-0.1, -0.05) is 13.0 Å². The molecule has 0 atom stereocenters. The van der Waals surface area contributed by atoms with Crippen LogP contribution in [0.1, 0.15) is 28.7 Å². The number of thioether (sulfide) groups is 1. The average Bonchev–Trinajstić information content (AvgIpc) is 2.71. The van der Waals surface area contributed by atoms with E-state index in [1.54, 1.807) is 30.0 Å². The molecule has 0 bridgehead atoms. The zero-order valence-electron chi connectivity index (χ0n) is 11.3. The fourth-order valence-electron chi connectivity index (χ4n) is 1.85. The van der Waals surface area contributed by atoms with Gasteiger partial charge in [-0.25, -0.2) is 4.79 Å². The minimum atomic E-state index is -0.901. The van der Waals surface area contributed by atoms with Crippen molar-refractivity contribution in [2.45, 2.75) is 24.0 Å². The highest BCUT2D eigenvalue weighted by Crippen LogP contribution is 2.29. The molecule has 0 radical (unpaired) electrons. The molecule has 4 nitrogen and oxygen atoms in total. The molecule has 0 saturated carbocycles. The van der Waals surface area contributed by atoms with Gasteiger partial charge in [-0.15, -0.1) is 11.8 Å². The van der Waals surface area contributed by atoms with Gasteiger partial charge >= 0.3 is 5.97 Å². The van der Waals surface area contributed by atoms with Crippen molar-refractivity contribution in [3.05, 3.63) is 45.7 Å². The van der Waals surface area contributed by atoms with Gasteiger partial charge in [0.15, 0.2) is 0 Å². The standard InChI is InChI=1S/C14H15BrN2O2S/c1-3-11-13(15)12(17(2)16-11)8-20-10-6-4-5-9(7-10)14(18)19/h4-7H,3,8H2,1-2H3,(H,18,19). The highest BCUT2D eigenvalue weighted by atomic mass is 79.9. The monoisotopic (exact) mass is 354 g/mol. The van der Waals surface area contributed by atoms with Crippen LogP contribution in [0.25, 0.3) is 0 Å². The lowest BCUT2D eigenvalue weighted by Crippen LogP contribution is -1.98. The lowest BCUT2D eigenvalue weighted by Gasteiger charge is -2.04. The van der Waals surface area contributed by atoms with E-state index < -0.39 is 5.97 Å². The third-order valence-corrected chi connectivity index (χ3v) is 4.88. The Labute approximate surface area is 130 Å². The summed E-state index contributed by atoms with van der Waals surface area (Å²) in [5.74, 6) is -0.157. The van der Waals surface area contributed by atoms with Gasteiger partial charge in [-0.05, 0) is 40.5 Å². The molecule has 106 valence electrons.